The van der Waals surface area contributed by atoms with Gasteiger partial charge in [-0.3, -0.25) is 10.1 Å². The van der Waals surface area contributed by atoms with Gasteiger partial charge in [0.2, 0.25) is 0 Å². The van der Waals surface area contributed by atoms with Crippen molar-refractivity contribution in [2.75, 3.05) is 18.0 Å². The molecule has 0 bridgehead atoms. The second-order valence-electron chi connectivity index (χ2n) is 5.50. The minimum Gasteiger partial charge on any atom is -0.488 e. The second kappa shape index (κ2) is 6.77. The first-order chi connectivity index (χ1) is 11.6. The van der Waals surface area contributed by atoms with Crippen LogP contribution >= 0.6 is 11.6 Å². The number of anilines is 1. The van der Waals surface area contributed by atoms with Crippen LogP contribution in [0.5, 0.6) is 5.75 Å². The maximum Gasteiger partial charge on any atom is 0.293 e. The molecule has 1 fully saturated rings. The van der Waals surface area contributed by atoms with E-state index in [1.807, 2.05) is 23.1 Å². The summed E-state index contributed by atoms with van der Waals surface area (Å²) in [6.45, 7) is 1.19. The highest BCUT2D eigenvalue weighted by molar-refractivity contribution is 6.30. The molecular weight excluding hydrogens is 330 g/mol. The van der Waals surface area contributed by atoms with Gasteiger partial charge < -0.3 is 9.64 Å². The first-order valence-corrected chi connectivity index (χ1v) is 7.80. The minimum atomic E-state index is -0.457. The molecule has 0 aliphatic carbocycles. The van der Waals surface area contributed by atoms with E-state index >= 15 is 0 Å². The van der Waals surface area contributed by atoms with Gasteiger partial charge in [-0.15, -0.1) is 0 Å². The fourth-order valence-electron chi connectivity index (χ4n) is 2.78. The smallest absolute Gasteiger partial charge is 0.293 e. The van der Waals surface area contributed by atoms with Crippen LogP contribution in [0.4, 0.5) is 11.4 Å². The number of nitro benzene ring substituents is 1. The topological polar surface area (TPSA) is 79.4 Å². The number of halogens is 1. The SMILES string of the molecule is N#Cc1ccc(N2CCC(Oc3cccc(Cl)c3)C2)c([N+](=O)[O-])c1. The number of rotatable bonds is 4. The molecule has 3 rings (SSSR count). The summed E-state index contributed by atoms with van der Waals surface area (Å²) in [5.41, 5.74) is 0.727. The molecule has 1 saturated heterocycles. The number of hydrogen-bond acceptors (Lipinski definition) is 5. The largest absolute Gasteiger partial charge is 0.488 e. The van der Waals surface area contributed by atoms with Crippen LogP contribution in [0.15, 0.2) is 42.5 Å². The van der Waals surface area contributed by atoms with E-state index in [1.165, 1.54) is 6.07 Å². The molecule has 1 aliphatic rings. The molecule has 6 nitrogen and oxygen atoms in total. The van der Waals surface area contributed by atoms with Crippen molar-refractivity contribution >= 4 is 23.0 Å². The molecule has 2 aromatic carbocycles. The summed E-state index contributed by atoms with van der Waals surface area (Å²) in [7, 11) is 0. The van der Waals surface area contributed by atoms with Crippen LogP contribution in [0.25, 0.3) is 0 Å². The summed E-state index contributed by atoms with van der Waals surface area (Å²) in [4.78, 5) is 12.7. The molecule has 0 aromatic heterocycles. The zero-order valence-electron chi connectivity index (χ0n) is 12.7. The standard InChI is InChI=1S/C17H14ClN3O3/c18-13-2-1-3-14(9-13)24-15-6-7-20(11-15)16-5-4-12(10-19)8-17(16)21(22)23/h1-5,8-9,15H,6-7,11H2. The third kappa shape index (κ3) is 3.42. The van der Waals surface area contributed by atoms with Gasteiger partial charge in [-0.1, -0.05) is 17.7 Å². The lowest BCUT2D eigenvalue weighted by Crippen LogP contribution is -2.25. The van der Waals surface area contributed by atoms with Crippen molar-refractivity contribution in [1.29, 1.82) is 5.26 Å². The van der Waals surface area contributed by atoms with Gasteiger partial charge in [-0.2, -0.15) is 5.26 Å². The van der Waals surface area contributed by atoms with Crippen molar-refractivity contribution in [2.45, 2.75) is 12.5 Å². The molecular formula is C17H14ClN3O3. The molecule has 1 heterocycles. The lowest BCUT2D eigenvalue weighted by atomic mass is 10.2. The van der Waals surface area contributed by atoms with Crippen LogP contribution in [0.2, 0.25) is 5.02 Å². The van der Waals surface area contributed by atoms with Gasteiger partial charge in [0, 0.05) is 24.1 Å². The quantitative estimate of drug-likeness (QED) is 0.623. The fourth-order valence-corrected chi connectivity index (χ4v) is 2.96. The molecule has 1 aliphatic heterocycles. The zero-order chi connectivity index (χ0) is 17.1. The first-order valence-electron chi connectivity index (χ1n) is 7.42. The van der Waals surface area contributed by atoms with Crippen molar-refractivity contribution < 1.29 is 9.66 Å². The number of benzene rings is 2. The average Bonchev–Trinajstić information content (AvgIpc) is 3.02. The summed E-state index contributed by atoms with van der Waals surface area (Å²) in [5.74, 6) is 0.684. The Bertz CT molecular complexity index is 819. The van der Waals surface area contributed by atoms with Crippen molar-refractivity contribution in [2.24, 2.45) is 0 Å². The Balaban J connectivity index is 1.76. The Morgan fingerprint density at radius 1 is 1.33 bits per heavy atom. The molecule has 0 spiro atoms. The highest BCUT2D eigenvalue weighted by Crippen LogP contribution is 2.32. The zero-order valence-corrected chi connectivity index (χ0v) is 13.4. The fraction of sp³-hybridized carbons (Fsp3) is 0.235. The van der Waals surface area contributed by atoms with Crippen molar-refractivity contribution in [3.63, 3.8) is 0 Å². The summed E-state index contributed by atoms with van der Waals surface area (Å²) in [6, 6.07) is 13.6. The van der Waals surface area contributed by atoms with Crippen LogP contribution in [0, 0.1) is 21.4 Å². The molecule has 0 saturated carbocycles. The van der Waals surface area contributed by atoms with E-state index < -0.39 is 4.92 Å². The van der Waals surface area contributed by atoms with Gasteiger partial charge in [0.1, 0.15) is 17.5 Å². The monoisotopic (exact) mass is 343 g/mol. The predicted molar refractivity (Wildman–Crippen MR) is 90.5 cm³/mol. The summed E-state index contributed by atoms with van der Waals surface area (Å²) < 4.78 is 5.90. The highest BCUT2D eigenvalue weighted by Gasteiger charge is 2.29. The van der Waals surface area contributed by atoms with E-state index in [9.17, 15) is 10.1 Å². The summed E-state index contributed by atoms with van der Waals surface area (Å²) in [5, 5.41) is 20.8. The predicted octanol–water partition coefficient (Wildman–Crippen LogP) is 3.78. The molecule has 1 unspecified atom stereocenters. The number of nitrogens with zero attached hydrogens (tertiary/aromatic N) is 3. The maximum atomic E-state index is 11.3. The Hall–Kier alpha value is -2.78. The second-order valence-corrected chi connectivity index (χ2v) is 5.94. The molecule has 0 amide bonds. The lowest BCUT2D eigenvalue weighted by molar-refractivity contribution is -0.384. The average molecular weight is 344 g/mol. The maximum absolute atomic E-state index is 11.3. The van der Waals surface area contributed by atoms with Gasteiger partial charge in [0.05, 0.1) is 23.1 Å². The van der Waals surface area contributed by atoms with E-state index in [0.29, 0.717) is 29.5 Å². The van der Waals surface area contributed by atoms with Gasteiger partial charge in [0.15, 0.2) is 0 Å². The van der Waals surface area contributed by atoms with E-state index in [0.717, 1.165) is 6.42 Å². The molecule has 122 valence electrons. The van der Waals surface area contributed by atoms with Gasteiger partial charge in [-0.25, -0.2) is 0 Å². The molecule has 0 radical (unpaired) electrons. The Kier molecular flexibility index (Phi) is 4.54. The number of ether oxygens (including phenoxy) is 1. The Labute approximate surface area is 144 Å². The Morgan fingerprint density at radius 3 is 2.88 bits per heavy atom. The number of nitro groups is 1. The molecule has 24 heavy (non-hydrogen) atoms. The Morgan fingerprint density at radius 2 is 2.17 bits per heavy atom. The molecule has 2 aromatic rings. The van der Waals surface area contributed by atoms with Crippen molar-refractivity contribution in [3.05, 3.63) is 63.2 Å². The third-order valence-corrected chi connectivity index (χ3v) is 4.12. The van der Waals surface area contributed by atoms with E-state index in [1.54, 1.807) is 24.3 Å². The lowest BCUT2D eigenvalue weighted by Gasteiger charge is -2.19. The van der Waals surface area contributed by atoms with Crippen molar-refractivity contribution in [1.82, 2.24) is 0 Å². The molecule has 0 N–H and O–H groups in total. The molecule has 7 heteroatoms. The molecule has 1 atom stereocenters. The minimum absolute atomic E-state index is 0.0579. The summed E-state index contributed by atoms with van der Waals surface area (Å²) in [6.07, 6.45) is 0.683. The van der Waals surface area contributed by atoms with Gasteiger partial charge in [0.25, 0.3) is 5.69 Å². The normalized spacial score (nSPS) is 16.7. The third-order valence-electron chi connectivity index (χ3n) is 3.89. The van der Waals surface area contributed by atoms with Crippen LogP contribution in [0.1, 0.15) is 12.0 Å². The van der Waals surface area contributed by atoms with Crippen LogP contribution in [-0.4, -0.2) is 24.1 Å². The van der Waals surface area contributed by atoms with Crippen LogP contribution in [-0.2, 0) is 0 Å². The van der Waals surface area contributed by atoms with Crippen molar-refractivity contribution in [3.8, 4) is 11.8 Å². The number of nitriles is 1. The van der Waals surface area contributed by atoms with Gasteiger partial charge in [-0.05, 0) is 30.3 Å². The van der Waals surface area contributed by atoms with E-state index in [-0.39, 0.29) is 17.4 Å². The highest BCUT2D eigenvalue weighted by atomic mass is 35.5. The van der Waals surface area contributed by atoms with Crippen LogP contribution in [0.3, 0.4) is 0 Å². The van der Waals surface area contributed by atoms with E-state index in [4.69, 9.17) is 21.6 Å². The summed E-state index contributed by atoms with van der Waals surface area (Å²) >= 11 is 5.95. The van der Waals surface area contributed by atoms with Crippen LogP contribution < -0.4 is 9.64 Å². The van der Waals surface area contributed by atoms with E-state index in [2.05, 4.69) is 0 Å². The number of hydrogen-bond donors (Lipinski definition) is 0. The van der Waals surface area contributed by atoms with Gasteiger partial charge >= 0.3 is 0 Å². The first kappa shape index (κ1) is 16.1.